The van der Waals surface area contributed by atoms with E-state index >= 15 is 0 Å². The van der Waals surface area contributed by atoms with Crippen molar-refractivity contribution in [2.45, 2.75) is 39.2 Å². The topological polar surface area (TPSA) is 84.2 Å². The molecule has 1 fully saturated rings. The van der Waals surface area contributed by atoms with E-state index < -0.39 is 5.41 Å². The highest BCUT2D eigenvalue weighted by Crippen LogP contribution is 2.13. The summed E-state index contributed by atoms with van der Waals surface area (Å²) < 4.78 is 0. The van der Waals surface area contributed by atoms with Crippen LogP contribution in [-0.4, -0.2) is 30.9 Å². The monoisotopic (exact) mass is 227 g/mol. The zero-order chi connectivity index (χ0) is 12.2. The molecule has 1 atom stereocenters. The SMILES string of the molecule is CC(C)(CNC1CCCCNC1=O)C(N)=O. The summed E-state index contributed by atoms with van der Waals surface area (Å²) in [6.45, 7) is 4.73. The molecule has 16 heavy (non-hydrogen) atoms. The van der Waals surface area contributed by atoms with Crippen LogP contribution >= 0.6 is 0 Å². The minimum atomic E-state index is -0.618. The maximum atomic E-state index is 11.6. The molecule has 2 amide bonds. The average Bonchev–Trinajstić information content (AvgIpc) is 2.40. The number of carbonyl (C=O) groups is 2. The van der Waals surface area contributed by atoms with Crippen LogP contribution in [0.25, 0.3) is 0 Å². The third kappa shape index (κ3) is 3.48. The van der Waals surface area contributed by atoms with E-state index in [2.05, 4.69) is 10.6 Å². The molecule has 0 aliphatic carbocycles. The van der Waals surface area contributed by atoms with Crippen LogP contribution in [0.15, 0.2) is 0 Å². The Bertz CT molecular complexity index is 276. The van der Waals surface area contributed by atoms with Crippen molar-refractivity contribution < 1.29 is 9.59 Å². The van der Waals surface area contributed by atoms with E-state index in [4.69, 9.17) is 5.73 Å². The van der Waals surface area contributed by atoms with Gasteiger partial charge in [0.25, 0.3) is 0 Å². The van der Waals surface area contributed by atoms with E-state index in [9.17, 15) is 9.59 Å². The normalized spacial score (nSPS) is 22.4. The molecular weight excluding hydrogens is 206 g/mol. The average molecular weight is 227 g/mol. The molecule has 4 N–H and O–H groups in total. The maximum absolute atomic E-state index is 11.6. The van der Waals surface area contributed by atoms with Gasteiger partial charge in [0.2, 0.25) is 11.8 Å². The molecule has 0 bridgehead atoms. The summed E-state index contributed by atoms with van der Waals surface area (Å²) in [6, 6.07) is -0.193. The number of primary amides is 1. The lowest BCUT2D eigenvalue weighted by molar-refractivity contribution is -0.127. The summed E-state index contributed by atoms with van der Waals surface area (Å²) in [5, 5.41) is 5.96. The maximum Gasteiger partial charge on any atom is 0.237 e. The first-order chi connectivity index (χ1) is 7.43. The third-order valence-electron chi connectivity index (χ3n) is 2.99. The van der Waals surface area contributed by atoms with E-state index in [1.807, 2.05) is 0 Å². The fourth-order valence-corrected chi connectivity index (χ4v) is 1.60. The summed E-state index contributed by atoms with van der Waals surface area (Å²) in [5.41, 5.74) is 4.65. The lowest BCUT2D eigenvalue weighted by Gasteiger charge is -2.24. The van der Waals surface area contributed by atoms with Crippen molar-refractivity contribution >= 4 is 11.8 Å². The largest absolute Gasteiger partial charge is 0.369 e. The Labute approximate surface area is 96.1 Å². The van der Waals surface area contributed by atoms with Crippen molar-refractivity contribution in [2.75, 3.05) is 13.1 Å². The summed E-state index contributed by atoms with van der Waals surface area (Å²) in [5.74, 6) is -0.327. The summed E-state index contributed by atoms with van der Waals surface area (Å²) in [7, 11) is 0. The van der Waals surface area contributed by atoms with Crippen LogP contribution < -0.4 is 16.4 Å². The van der Waals surface area contributed by atoms with Gasteiger partial charge >= 0.3 is 0 Å². The van der Waals surface area contributed by atoms with Gasteiger partial charge in [-0.3, -0.25) is 9.59 Å². The van der Waals surface area contributed by atoms with Gasteiger partial charge in [-0.2, -0.15) is 0 Å². The molecule has 1 heterocycles. The van der Waals surface area contributed by atoms with E-state index in [-0.39, 0.29) is 17.9 Å². The highest BCUT2D eigenvalue weighted by atomic mass is 16.2. The van der Waals surface area contributed by atoms with Gasteiger partial charge in [-0.25, -0.2) is 0 Å². The number of rotatable bonds is 4. The Hall–Kier alpha value is -1.10. The molecule has 1 saturated heterocycles. The lowest BCUT2D eigenvalue weighted by atomic mass is 9.92. The Balaban J connectivity index is 2.47. The number of hydrogen-bond donors (Lipinski definition) is 3. The molecule has 0 aromatic heterocycles. The third-order valence-corrected chi connectivity index (χ3v) is 2.99. The van der Waals surface area contributed by atoms with Crippen molar-refractivity contribution in [1.82, 2.24) is 10.6 Å². The molecule has 0 saturated carbocycles. The minimum absolute atomic E-state index is 0.0257. The molecule has 92 valence electrons. The number of nitrogens with one attached hydrogen (secondary N) is 2. The molecule has 0 spiro atoms. The Kier molecular flexibility index (Phi) is 4.29. The van der Waals surface area contributed by atoms with Gasteiger partial charge in [0.1, 0.15) is 0 Å². The predicted molar refractivity (Wildman–Crippen MR) is 61.6 cm³/mol. The van der Waals surface area contributed by atoms with E-state index in [1.165, 1.54) is 0 Å². The number of amides is 2. The van der Waals surface area contributed by atoms with Crippen molar-refractivity contribution in [1.29, 1.82) is 0 Å². The molecule has 1 aliphatic heterocycles. The first-order valence-electron chi connectivity index (χ1n) is 5.74. The molecule has 1 aliphatic rings. The van der Waals surface area contributed by atoms with E-state index in [0.29, 0.717) is 6.54 Å². The Morgan fingerprint density at radius 1 is 1.56 bits per heavy atom. The standard InChI is InChI=1S/C11H21N3O2/c1-11(2,10(12)16)7-14-8-5-3-4-6-13-9(8)15/h8,14H,3-7H2,1-2H3,(H2,12,16)(H,13,15). The second-order valence-corrected chi connectivity index (χ2v) is 4.97. The van der Waals surface area contributed by atoms with Crippen molar-refractivity contribution in [3.63, 3.8) is 0 Å². The minimum Gasteiger partial charge on any atom is -0.369 e. The van der Waals surface area contributed by atoms with Crippen LogP contribution in [0.2, 0.25) is 0 Å². The van der Waals surface area contributed by atoms with Gasteiger partial charge in [0.15, 0.2) is 0 Å². The number of nitrogens with two attached hydrogens (primary N) is 1. The van der Waals surface area contributed by atoms with E-state index in [1.54, 1.807) is 13.8 Å². The fraction of sp³-hybridized carbons (Fsp3) is 0.818. The predicted octanol–water partition coefficient (Wildman–Crippen LogP) is -0.244. The lowest BCUT2D eigenvalue weighted by Crippen LogP contribution is -2.48. The zero-order valence-electron chi connectivity index (χ0n) is 10.0. The highest BCUT2D eigenvalue weighted by molar-refractivity contribution is 5.82. The van der Waals surface area contributed by atoms with Crippen molar-refractivity contribution in [3.05, 3.63) is 0 Å². The van der Waals surface area contributed by atoms with Crippen LogP contribution in [0.5, 0.6) is 0 Å². The molecule has 0 aromatic rings. The molecule has 1 unspecified atom stereocenters. The fourth-order valence-electron chi connectivity index (χ4n) is 1.60. The zero-order valence-corrected chi connectivity index (χ0v) is 10.0. The molecular formula is C11H21N3O2. The summed E-state index contributed by atoms with van der Waals surface area (Å²) in [4.78, 5) is 22.7. The van der Waals surface area contributed by atoms with Crippen LogP contribution in [0, 0.1) is 5.41 Å². The van der Waals surface area contributed by atoms with E-state index in [0.717, 1.165) is 25.8 Å². The van der Waals surface area contributed by atoms with Gasteiger partial charge in [-0.1, -0.05) is 0 Å². The number of carbonyl (C=O) groups excluding carboxylic acids is 2. The number of hydrogen-bond acceptors (Lipinski definition) is 3. The molecule has 5 nitrogen and oxygen atoms in total. The van der Waals surface area contributed by atoms with Gasteiger partial charge < -0.3 is 16.4 Å². The van der Waals surface area contributed by atoms with Crippen LogP contribution in [0.4, 0.5) is 0 Å². The van der Waals surface area contributed by atoms with Gasteiger partial charge in [-0.05, 0) is 33.1 Å². The summed E-state index contributed by atoms with van der Waals surface area (Å²) in [6.07, 6.45) is 2.86. The molecule has 0 radical (unpaired) electrons. The van der Waals surface area contributed by atoms with Gasteiger partial charge in [0.05, 0.1) is 11.5 Å². The highest BCUT2D eigenvalue weighted by Gasteiger charge is 2.28. The van der Waals surface area contributed by atoms with Crippen LogP contribution in [-0.2, 0) is 9.59 Å². The smallest absolute Gasteiger partial charge is 0.237 e. The van der Waals surface area contributed by atoms with Gasteiger partial charge in [0, 0.05) is 13.1 Å². The van der Waals surface area contributed by atoms with Crippen LogP contribution in [0.3, 0.4) is 0 Å². The van der Waals surface area contributed by atoms with Crippen molar-refractivity contribution in [2.24, 2.45) is 11.1 Å². The Morgan fingerprint density at radius 3 is 2.88 bits per heavy atom. The second-order valence-electron chi connectivity index (χ2n) is 4.97. The first kappa shape index (κ1) is 13.0. The quantitative estimate of drug-likeness (QED) is 0.619. The Morgan fingerprint density at radius 2 is 2.25 bits per heavy atom. The van der Waals surface area contributed by atoms with Crippen molar-refractivity contribution in [3.8, 4) is 0 Å². The van der Waals surface area contributed by atoms with Crippen LogP contribution in [0.1, 0.15) is 33.1 Å². The first-order valence-corrected chi connectivity index (χ1v) is 5.74. The molecule has 1 rings (SSSR count). The second kappa shape index (κ2) is 5.30. The van der Waals surface area contributed by atoms with Gasteiger partial charge in [-0.15, -0.1) is 0 Å². The molecule has 5 heteroatoms. The molecule has 0 aromatic carbocycles. The summed E-state index contributed by atoms with van der Waals surface area (Å²) >= 11 is 0.